The summed E-state index contributed by atoms with van der Waals surface area (Å²) in [7, 11) is 2.22. The zero-order valence-corrected chi connectivity index (χ0v) is 14.1. The first-order valence-corrected chi connectivity index (χ1v) is 8.44. The summed E-state index contributed by atoms with van der Waals surface area (Å²) in [4.78, 5) is 3.87. The lowest BCUT2D eigenvalue weighted by Gasteiger charge is -2.24. The third kappa shape index (κ3) is 6.32. The van der Waals surface area contributed by atoms with Crippen LogP contribution in [-0.4, -0.2) is 31.1 Å². The Morgan fingerprint density at radius 3 is 2.83 bits per heavy atom. The van der Waals surface area contributed by atoms with E-state index in [9.17, 15) is 0 Å². The maximum absolute atomic E-state index is 3.51. The monoisotopic (exact) mass is 332 g/mol. The average Bonchev–Trinajstić information content (AvgIpc) is 2.74. The van der Waals surface area contributed by atoms with E-state index in [0.29, 0.717) is 6.04 Å². The highest BCUT2D eigenvalue weighted by Crippen LogP contribution is 2.21. The first-order chi connectivity index (χ1) is 8.63. The minimum Gasteiger partial charge on any atom is -0.317 e. The molecular weight excluding hydrogens is 308 g/mol. The van der Waals surface area contributed by atoms with E-state index in [4.69, 9.17) is 0 Å². The Bertz CT molecular complexity index is 327. The highest BCUT2D eigenvalue weighted by molar-refractivity contribution is 9.10. The summed E-state index contributed by atoms with van der Waals surface area (Å²) in [6.07, 6.45) is 3.75. The maximum atomic E-state index is 3.51. The highest BCUT2D eigenvalue weighted by Gasteiger charge is 2.10. The van der Waals surface area contributed by atoms with Crippen LogP contribution in [0.3, 0.4) is 0 Å². The SMILES string of the molecule is CCCNCCCC(C)N(C)Cc1cc(Br)cs1. The lowest BCUT2D eigenvalue weighted by atomic mass is 10.1. The minimum atomic E-state index is 0.648. The van der Waals surface area contributed by atoms with Crippen LogP contribution in [0.4, 0.5) is 0 Å². The van der Waals surface area contributed by atoms with Crippen LogP contribution in [0.15, 0.2) is 15.9 Å². The molecule has 0 radical (unpaired) electrons. The first-order valence-electron chi connectivity index (χ1n) is 6.77. The fourth-order valence-corrected chi connectivity index (χ4v) is 3.40. The molecule has 0 fully saturated rings. The van der Waals surface area contributed by atoms with E-state index in [-0.39, 0.29) is 0 Å². The van der Waals surface area contributed by atoms with Crippen molar-refractivity contribution in [3.63, 3.8) is 0 Å². The molecule has 1 unspecified atom stereocenters. The molecule has 1 N–H and O–H groups in total. The van der Waals surface area contributed by atoms with E-state index >= 15 is 0 Å². The molecule has 0 aliphatic carbocycles. The molecule has 0 bridgehead atoms. The molecule has 18 heavy (non-hydrogen) atoms. The average molecular weight is 333 g/mol. The smallest absolute Gasteiger partial charge is 0.0328 e. The molecule has 0 saturated heterocycles. The normalized spacial score (nSPS) is 13.2. The molecule has 2 nitrogen and oxygen atoms in total. The van der Waals surface area contributed by atoms with E-state index in [1.165, 1.54) is 28.6 Å². The van der Waals surface area contributed by atoms with Crippen molar-refractivity contribution in [3.8, 4) is 0 Å². The van der Waals surface area contributed by atoms with Gasteiger partial charge in [-0.1, -0.05) is 6.92 Å². The van der Waals surface area contributed by atoms with Crippen LogP contribution in [0, 0.1) is 0 Å². The van der Waals surface area contributed by atoms with E-state index in [0.717, 1.165) is 19.6 Å². The third-order valence-corrected chi connectivity index (χ3v) is 4.86. The van der Waals surface area contributed by atoms with Gasteiger partial charge in [0.1, 0.15) is 0 Å². The van der Waals surface area contributed by atoms with Crippen molar-refractivity contribution in [1.82, 2.24) is 10.2 Å². The molecule has 0 spiro atoms. The fraction of sp³-hybridized carbons (Fsp3) is 0.714. The number of rotatable bonds is 9. The van der Waals surface area contributed by atoms with Crippen molar-refractivity contribution in [3.05, 3.63) is 20.8 Å². The van der Waals surface area contributed by atoms with Gasteiger partial charge in [0.25, 0.3) is 0 Å². The minimum absolute atomic E-state index is 0.648. The quantitative estimate of drug-likeness (QED) is 0.684. The number of halogens is 1. The summed E-state index contributed by atoms with van der Waals surface area (Å²) in [6, 6.07) is 2.87. The van der Waals surface area contributed by atoms with Gasteiger partial charge < -0.3 is 5.32 Å². The van der Waals surface area contributed by atoms with Crippen LogP contribution < -0.4 is 5.32 Å². The van der Waals surface area contributed by atoms with E-state index < -0.39 is 0 Å². The van der Waals surface area contributed by atoms with Gasteiger partial charge in [0.2, 0.25) is 0 Å². The van der Waals surface area contributed by atoms with Gasteiger partial charge in [0, 0.05) is 27.3 Å². The van der Waals surface area contributed by atoms with E-state index in [2.05, 4.69) is 58.5 Å². The van der Waals surface area contributed by atoms with Crippen LogP contribution >= 0.6 is 27.3 Å². The van der Waals surface area contributed by atoms with Crippen LogP contribution in [-0.2, 0) is 6.54 Å². The summed E-state index contributed by atoms with van der Waals surface area (Å²) in [6.45, 7) is 7.88. The summed E-state index contributed by atoms with van der Waals surface area (Å²) in [5, 5.41) is 5.61. The van der Waals surface area contributed by atoms with Gasteiger partial charge >= 0.3 is 0 Å². The molecule has 4 heteroatoms. The van der Waals surface area contributed by atoms with E-state index in [1.54, 1.807) is 0 Å². The molecule has 0 aliphatic heterocycles. The second-order valence-corrected chi connectivity index (χ2v) is 6.80. The molecule has 0 saturated carbocycles. The van der Waals surface area contributed by atoms with Crippen LogP contribution in [0.5, 0.6) is 0 Å². The second kappa shape index (κ2) is 9.08. The van der Waals surface area contributed by atoms with Gasteiger partial charge in [-0.05, 0) is 68.3 Å². The topological polar surface area (TPSA) is 15.3 Å². The molecule has 1 rings (SSSR count). The number of thiophene rings is 1. The molecule has 1 heterocycles. The molecule has 1 aromatic rings. The predicted octanol–water partition coefficient (Wildman–Crippen LogP) is 4.11. The van der Waals surface area contributed by atoms with Crippen molar-refractivity contribution in [2.45, 2.75) is 45.7 Å². The predicted molar refractivity (Wildman–Crippen MR) is 85.3 cm³/mol. The van der Waals surface area contributed by atoms with E-state index in [1.807, 2.05) is 11.3 Å². The van der Waals surface area contributed by atoms with Gasteiger partial charge in [-0.2, -0.15) is 0 Å². The Hall–Kier alpha value is 0.1000. The zero-order chi connectivity index (χ0) is 13.4. The van der Waals surface area contributed by atoms with Gasteiger partial charge in [-0.25, -0.2) is 0 Å². The van der Waals surface area contributed by atoms with Crippen molar-refractivity contribution in [2.24, 2.45) is 0 Å². The van der Waals surface area contributed by atoms with Crippen LogP contribution in [0.25, 0.3) is 0 Å². The third-order valence-electron chi connectivity index (χ3n) is 3.18. The van der Waals surface area contributed by atoms with Crippen LogP contribution in [0.2, 0.25) is 0 Å². The Morgan fingerprint density at radius 1 is 1.44 bits per heavy atom. The van der Waals surface area contributed by atoms with Crippen molar-refractivity contribution in [2.75, 3.05) is 20.1 Å². The lowest BCUT2D eigenvalue weighted by molar-refractivity contribution is 0.236. The highest BCUT2D eigenvalue weighted by atomic mass is 79.9. The fourth-order valence-electron chi connectivity index (χ4n) is 1.88. The van der Waals surface area contributed by atoms with Crippen molar-refractivity contribution in [1.29, 1.82) is 0 Å². The number of hydrogen-bond acceptors (Lipinski definition) is 3. The summed E-state index contributed by atoms with van der Waals surface area (Å²) >= 11 is 5.34. The Labute approximate surface area is 124 Å². The largest absolute Gasteiger partial charge is 0.317 e. The standard InChI is InChI=1S/C14H25BrN2S/c1-4-7-16-8-5-6-12(2)17(3)10-14-9-13(15)11-18-14/h9,11-12,16H,4-8,10H2,1-3H3. The second-order valence-electron chi connectivity index (χ2n) is 4.89. The maximum Gasteiger partial charge on any atom is 0.0328 e. The first kappa shape index (κ1) is 16.2. The van der Waals surface area contributed by atoms with Crippen molar-refractivity contribution >= 4 is 27.3 Å². The summed E-state index contributed by atoms with van der Waals surface area (Å²) in [5.41, 5.74) is 0. The molecule has 104 valence electrons. The lowest BCUT2D eigenvalue weighted by Crippen LogP contribution is -2.29. The van der Waals surface area contributed by atoms with Gasteiger partial charge in [0.05, 0.1) is 0 Å². The molecular formula is C14H25BrN2S. The molecule has 0 aromatic carbocycles. The summed E-state index contributed by atoms with van der Waals surface area (Å²) in [5.74, 6) is 0. The number of hydrogen-bond donors (Lipinski definition) is 1. The van der Waals surface area contributed by atoms with Gasteiger partial charge in [-0.15, -0.1) is 11.3 Å². The van der Waals surface area contributed by atoms with Gasteiger partial charge in [-0.3, -0.25) is 4.90 Å². The van der Waals surface area contributed by atoms with Gasteiger partial charge in [0.15, 0.2) is 0 Å². The Morgan fingerprint density at radius 2 is 2.22 bits per heavy atom. The molecule has 1 atom stereocenters. The zero-order valence-electron chi connectivity index (χ0n) is 11.7. The summed E-state index contributed by atoms with van der Waals surface area (Å²) < 4.78 is 1.20. The molecule has 0 amide bonds. The Balaban J connectivity index is 2.18. The number of nitrogens with zero attached hydrogens (tertiary/aromatic N) is 1. The number of nitrogens with one attached hydrogen (secondary N) is 1. The molecule has 1 aromatic heterocycles. The van der Waals surface area contributed by atoms with Crippen LogP contribution in [0.1, 0.15) is 38.0 Å². The Kier molecular flexibility index (Phi) is 8.15. The van der Waals surface area contributed by atoms with Crippen molar-refractivity contribution < 1.29 is 0 Å². The molecule has 0 aliphatic rings.